The molecular weight excluding hydrogens is 438 g/mol. The smallest absolute Gasteiger partial charge is 0.266 e. The minimum Gasteiger partial charge on any atom is -0.493 e. The second kappa shape index (κ2) is 11.0. The Bertz CT molecular complexity index is 1080. The molecule has 6 heteroatoms. The van der Waals surface area contributed by atoms with Crippen LogP contribution in [0, 0.1) is 0 Å². The first-order chi connectivity index (χ1) is 15.7. The van der Waals surface area contributed by atoms with Gasteiger partial charge in [0.1, 0.15) is 15.8 Å². The SMILES string of the molecule is O=C1/C(=C/c2ccc(OCCCOc3ccccc3)cc2)SC(=S)N1Cc1ccccc1. The molecule has 1 saturated heterocycles. The third-order valence-corrected chi connectivity index (χ3v) is 6.18. The van der Waals surface area contributed by atoms with E-state index in [0.29, 0.717) is 29.0 Å². The molecule has 1 fully saturated rings. The van der Waals surface area contributed by atoms with Crippen molar-refractivity contribution in [2.45, 2.75) is 13.0 Å². The van der Waals surface area contributed by atoms with E-state index in [4.69, 9.17) is 21.7 Å². The van der Waals surface area contributed by atoms with Gasteiger partial charge in [0, 0.05) is 6.42 Å². The van der Waals surface area contributed by atoms with Gasteiger partial charge in [0.25, 0.3) is 5.91 Å². The number of amides is 1. The molecule has 0 atom stereocenters. The maximum absolute atomic E-state index is 12.8. The molecule has 0 radical (unpaired) electrons. The summed E-state index contributed by atoms with van der Waals surface area (Å²) in [6.45, 7) is 1.67. The fourth-order valence-corrected chi connectivity index (χ4v) is 4.42. The van der Waals surface area contributed by atoms with Crippen molar-refractivity contribution < 1.29 is 14.3 Å². The second-order valence-electron chi connectivity index (χ2n) is 7.19. The van der Waals surface area contributed by atoms with Gasteiger partial charge in [-0.05, 0) is 41.5 Å². The fourth-order valence-electron chi connectivity index (χ4n) is 3.17. The summed E-state index contributed by atoms with van der Waals surface area (Å²) >= 11 is 6.77. The zero-order chi connectivity index (χ0) is 22.2. The van der Waals surface area contributed by atoms with Gasteiger partial charge in [0.15, 0.2) is 0 Å². The maximum atomic E-state index is 12.8. The normalized spacial score (nSPS) is 14.8. The second-order valence-corrected chi connectivity index (χ2v) is 8.86. The van der Waals surface area contributed by atoms with Crippen molar-refractivity contribution in [2.75, 3.05) is 13.2 Å². The number of hydrogen-bond acceptors (Lipinski definition) is 5. The van der Waals surface area contributed by atoms with Crippen LogP contribution in [-0.2, 0) is 11.3 Å². The highest BCUT2D eigenvalue weighted by Gasteiger charge is 2.31. The molecule has 3 aromatic rings. The van der Waals surface area contributed by atoms with E-state index in [1.807, 2.05) is 91.0 Å². The Morgan fingerprint density at radius 1 is 0.812 bits per heavy atom. The number of carbonyl (C=O) groups is 1. The Hall–Kier alpha value is -3.09. The maximum Gasteiger partial charge on any atom is 0.266 e. The molecule has 1 aliphatic heterocycles. The number of rotatable bonds is 9. The summed E-state index contributed by atoms with van der Waals surface area (Å²) in [6, 6.07) is 27.3. The van der Waals surface area contributed by atoms with E-state index in [-0.39, 0.29) is 5.91 Å². The predicted molar refractivity (Wildman–Crippen MR) is 134 cm³/mol. The van der Waals surface area contributed by atoms with Crippen molar-refractivity contribution in [3.63, 3.8) is 0 Å². The number of benzene rings is 3. The highest BCUT2D eigenvalue weighted by molar-refractivity contribution is 8.26. The standard InChI is InChI=1S/C26H23NO3S2/c28-25-24(32-26(31)27(25)19-21-8-3-1-4-9-21)18-20-12-14-23(15-13-20)30-17-7-16-29-22-10-5-2-6-11-22/h1-6,8-15,18H,7,16-17,19H2/b24-18-. The molecule has 1 amide bonds. The number of nitrogens with zero attached hydrogens (tertiary/aromatic N) is 1. The van der Waals surface area contributed by atoms with Gasteiger partial charge in [-0.25, -0.2) is 0 Å². The first-order valence-electron chi connectivity index (χ1n) is 10.4. The minimum atomic E-state index is -0.0532. The highest BCUT2D eigenvalue weighted by atomic mass is 32.2. The molecule has 162 valence electrons. The molecule has 1 heterocycles. The third kappa shape index (κ3) is 5.99. The van der Waals surface area contributed by atoms with Crippen LogP contribution in [0.25, 0.3) is 6.08 Å². The Kier molecular flexibility index (Phi) is 7.59. The molecule has 4 rings (SSSR count). The number of thiocarbonyl (C=S) groups is 1. The lowest BCUT2D eigenvalue weighted by atomic mass is 10.2. The lowest BCUT2D eigenvalue weighted by Gasteiger charge is -2.14. The van der Waals surface area contributed by atoms with Crippen molar-refractivity contribution >= 4 is 40.3 Å². The van der Waals surface area contributed by atoms with Crippen molar-refractivity contribution in [1.29, 1.82) is 0 Å². The summed E-state index contributed by atoms with van der Waals surface area (Å²) in [5, 5.41) is 0. The average Bonchev–Trinajstić information content (AvgIpc) is 3.08. The van der Waals surface area contributed by atoms with Crippen LogP contribution in [0.2, 0.25) is 0 Å². The van der Waals surface area contributed by atoms with Gasteiger partial charge in [-0.1, -0.05) is 84.6 Å². The number of carbonyl (C=O) groups excluding carboxylic acids is 1. The van der Waals surface area contributed by atoms with Crippen molar-refractivity contribution in [1.82, 2.24) is 4.90 Å². The number of hydrogen-bond donors (Lipinski definition) is 0. The molecule has 0 saturated carbocycles. The Morgan fingerprint density at radius 2 is 1.41 bits per heavy atom. The van der Waals surface area contributed by atoms with Gasteiger partial charge in [-0.2, -0.15) is 0 Å². The number of para-hydroxylation sites is 1. The first-order valence-corrected chi connectivity index (χ1v) is 11.6. The van der Waals surface area contributed by atoms with E-state index in [1.54, 1.807) is 4.90 Å². The van der Waals surface area contributed by atoms with E-state index < -0.39 is 0 Å². The minimum absolute atomic E-state index is 0.0532. The quantitative estimate of drug-likeness (QED) is 0.224. The molecule has 0 bridgehead atoms. The van der Waals surface area contributed by atoms with Gasteiger partial charge in [0.2, 0.25) is 0 Å². The largest absolute Gasteiger partial charge is 0.493 e. The molecule has 32 heavy (non-hydrogen) atoms. The zero-order valence-corrected chi connectivity index (χ0v) is 19.1. The number of ether oxygens (including phenoxy) is 2. The summed E-state index contributed by atoms with van der Waals surface area (Å²) in [7, 11) is 0. The van der Waals surface area contributed by atoms with Crippen LogP contribution in [-0.4, -0.2) is 28.3 Å². The van der Waals surface area contributed by atoms with E-state index in [9.17, 15) is 4.79 Å². The van der Waals surface area contributed by atoms with Gasteiger partial charge >= 0.3 is 0 Å². The van der Waals surface area contributed by atoms with E-state index in [2.05, 4.69) is 0 Å². The Morgan fingerprint density at radius 3 is 2.06 bits per heavy atom. The lowest BCUT2D eigenvalue weighted by molar-refractivity contribution is -0.122. The zero-order valence-electron chi connectivity index (χ0n) is 17.5. The molecular formula is C26H23NO3S2. The van der Waals surface area contributed by atoms with Crippen LogP contribution in [0.5, 0.6) is 11.5 Å². The van der Waals surface area contributed by atoms with Crippen LogP contribution in [0.1, 0.15) is 17.5 Å². The van der Waals surface area contributed by atoms with E-state index in [1.165, 1.54) is 11.8 Å². The molecule has 1 aliphatic rings. The fraction of sp³-hybridized carbons (Fsp3) is 0.154. The molecule has 4 nitrogen and oxygen atoms in total. The van der Waals surface area contributed by atoms with Crippen molar-refractivity contribution in [2.24, 2.45) is 0 Å². The lowest BCUT2D eigenvalue weighted by Crippen LogP contribution is -2.27. The Balaban J connectivity index is 1.27. The summed E-state index contributed by atoms with van der Waals surface area (Å²) in [5.41, 5.74) is 1.99. The summed E-state index contributed by atoms with van der Waals surface area (Å²) in [6.07, 6.45) is 2.67. The topological polar surface area (TPSA) is 38.8 Å². The van der Waals surface area contributed by atoms with Crippen LogP contribution >= 0.6 is 24.0 Å². The van der Waals surface area contributed by atoms with Crippen LogP contribution in [0.3, 0.4) is 0 Å². The summed E-state index contributed by atoms with van der Waals surface area (Å²) in [4.78, 5) is 15.1. The van der Waals surface area contributed by atoms with E-state index >= 15 is 0 Å². The summed E-state index contributed by atoms with van der Waals surface area (Å²) in [5.74, 6) is 1.60. The molecule has 0 aliphatic carbocycles. The van der Waals surface area contributed by atoms with Crippen molar-refractivity contribution in [3.8, 4) is 11.5 Å². The average molecular weight is 462 g/mol. The highest BCUT2D eigenvalue weighted by Crippen LogP contribution is 2.33. The Labute approximate surface area is 197 Å². The van der Waals surface area contributed by atoms with Crippen LogP contribution in [0.4, 0.5) is 0 Å². The van der Waals surface area contributed by atoms with Crippen LogP contribution < -0.4 is 9.47 Å². The number of thioether (sulfide) groups is 1. The van der Waals surface area contributed by atoms with Crippen molar-refractivity contribution in [3.05, 3.63) is 101 Å². The predicted octanol–water partition coefficient (Wildman–Crippen LogP) is 5.94. The molecule has 3 aromatic carbocycles. The van der Waals surface area contributed by atoms with Gasteiger partial charge < -0.3 is 9.47 Å². The first kappa shape index (κ1) is 22.1. The van der Waals surface area contributed by atoms with Gasteiger partial charge in [-0.3, -0.25) is 9.69 Å². The third-order valence-electron chi connectivity index (χ3n) is 4.80. The monoisotopic (exact) mass is 461 g/mol. The van der Waals surface area contributed by atoms with Gasteiger partial charge in [-0.15, -0.1) is 0 Å². The molecule has 0 N–H and O–H groups in total. The van der Waals surface area contributed by atoms with Gasteiger partial charge in [0.05, 0.1) is 24.7 Å². The molecule has 0 aromatic heterocycles. The van der Waals surface area contributed by atoms with Crippen LogP contribution in [0.15, 0.2) is 89.8 Å². The molecule has 0 unspecified atom stereocenters. The van der Waals surface area contributed by atoms with E-state index in [0.717, 1.165) is 29.0 Å². The molecule has 0 spiro atoms. The summed E-state index contributed by atoms with van der Waals surface area (Å²) < 4.78 is 12.0.